The lowest BCUT2D eigenvalue weighted by Crippen LogP contribution is -2.30. The van der Waals surface area contributed by atoms with E-state index in [0.29, 0.717) is 12.6 Å². The fourth-order valence-corrected chi connectivity index (χ4v) is 2.12. The smallest absolute Gasteiger partial charge is 0.127 e. The summed E-state index contributed by atoms with van der Waals surface area (Å²) in [6, 6.07) is 15.1. The molecule has 0 saturated heterocycles. The molecule has 2 nitrogen and oxygen atoms in total. The second-order valence-corrected chi connectivity index (χ2v) is 5.33. The maximum Gasteiger partial charge on any atom is 0.127 e. The van der Waals surface area contributed by atoms with Crippen LogP contribution in [0.15, 0.2) is 48.5 Å². The normalized spacial score (nSPS) is 11.2. The molecule has 2 aromatic rings. The molecule has 0 unspecified atom stereocenters. The molecule has 0 aliphatic carbocycles. The third-order valence-corrected chi connectivity index (χ3v) is 3.43. The lowest BCUT2D eigenvalue weighted by atomic mass is 10.1. The monoisotopic (exact) mass is 272 g/mol. The second kappa shape index (κ2) is 6.53. The van der Waals surface area contributed by atoms with E-state index in [1.165, 1.54) is 11.6 Å². The van der Waals surface area contributed by atoms with Gasteiger partial charge in [-0.2, -0.15) is 0 Å². The first kappa shape index (κ1) is 14.5. The van der Waals surface area contributed by atoms with Crippen molar-refractivity contribution >= 4 is 5.69 Å². The van der Waals surface area contributed by atoms with Crippen molar-refractivity contribution in [3.05, 3.63) is 65.5 Å². The molecular formula is C17H21FN2. The molecule has 2 aromatic carbocycles. The Morgan fingerprint density at radius 2 is 1.65 bits per heavy atom. The number of nitrogens with zero attached hydrogens (tertiary/aromatic N) is 1. The molecule has 0 spiro atoms. The van der Waals surface area contributed by atoms with Gasteiger partial charge in [0.15, 0.2) is 0 Å². The second-order valence-electron chi connectivity index (χ2n) is 5.33. The van der Waals surface area contributed by atoms with Gasteiger partial charge >= 0.3 is 0 Å². The number of benzene rings is 2. The number of rotatable bonds is 5. The van der Waals surface area contributed by atoms with Crippen molar-refractivity contribution in [1.29, 1.82) is 0 Å². The molecule has 0 fully saturated rings. The van der Waals surface area contributed by atoms with Crippen LogP contribution < -0.4 is 5.73 Å². The standard InChI is InChI=1S/C17H21FN2/c1-13(2)20(11-14-7-9-16(19)10-8-14)12-15-5-3-4-6-17(15)18/h3-10,13H,11-12,19H2,1-2H3. The van der Waals surface area contributed by atoms with Crippen molar-refractivity contribution in [1.82, 2.24) is 4.90 Å². The Hall–Kier alpha value is -1.87. The lowest BCUT2D eigenvalue weighted by molar-refractivity contribution is 0.201. The summed E-state index contributed by atoms with van der Waals surface area (Å²) in [5, 5.41) is 0. The quantitative estimate of drug-likeness (QED) is 0.838. The van der Waals surface area contributed by atoms with Gasteiger partial charge in [-0.1, -0.05) is 30.3 Å². The minimum Gasteiger partial charge on any atom is -0.399 e. The predicted octanol–water partition coefficient (Wildman–Crippen LogP) is 3.82. The highest BCUT2D eigenvalue weighted by molar-refractivity contribution is 5.39. The van der Waals surface area contributed by atoms with Crippen LogP contribution in [0.4, 0.5) is 10.1 Å². The Bertz CT molecular complexity index is 549. The van der Waals surface area contributed by atoms with Gasteiger partial charge in [-0.25, -0.2) is 4.39 Å². The van der Waals surface area contributed by atoms with Gasteiger partial charge < -0.3 is 5.73 Å². The van der Waals surface area contributed by atoms with Gasteiger partial charge in [0.25, 0.3) is 0 Å². The number of nitrogen functional groups attached to an aromatic ring is 1. The molecule has 0 heterocycles. The van der Waals surface area contributed by atoms with Gasteiger partial charge in [-0.3, -0.25) is 4.90 Å². The zero-order valence-electron chi connectivity index (χ0n) is 12.0. The molecule has 106 valence electrons. The molecule has 20 heavy (non-hydrogen) atoms. The van der Waals surface area contributed by atoms with Crippen LogP contribution in [0.25, 0.3) is 0 Å². The fraction of sp³-hybridized carbons (Fsp3) is 0.294. The third-order valence-electron chi connectivity index (χ3n) is 3.43. The molecule has 0 aliphatic rings. The van der Waals surface area contributed by atoms with E-state index in [1.54, 1.807) is 6.07 Å². The Balaban J connectivity index is 2.11. The van der Waals surface area contributed by atoms with E-state index < -0.39 is 0 Å². The zero-order chi connectivity index (χ0) is 14.5. The van der Waals surface area contributed by atoms with Crippen LogP contribution in [0, 0.1) is 5.82 Å². The zero-order valence-corrected chi connectivity index (χ0v) is 12.0. The first-order valence-electron chi connectivity index (χ1n) is 6.88. The Kier molecular flexibility index (Phi) is 4.74. The van der Waals surface area contributed by atoms with Crippen molar-refractivity contribution in [2.75, 3.05) is 5.73 Å². The van der Waals surface area contributed by atoms with Crippen molar-refractivity contribution in [2.45, 2.75) is 33.0 Å². The van der Waals surface area contributed by atoms with E-state index in [1.807, 2.05) is 36.4 Å². The number of halogens is 1. The van der Waals surface area contributed by atoms with Crippen LogP contribution in [0.3, 0.4) is 0 Å². The molecule has 0 atom stereocenters. The summed E-state index contributed by atoms with van der Waals surface area (Å²) < 4.78 is 13.8. The average Bonchev–Trinajstić information content (AvgIpc) is 2.42. The molecule has 0 aliphatic heterocycles. The maximum absolute atomic E-state index is 13.8. The predicted molar refractivity (Wildman–Crippen MR) is 81.6 cm³/mol. The van der Waals surface area contributed by atoms with Gasteiger partial charge in [0.05, 0.1) is 0 Å². The molecule has 3 heteroatoms. The maximum atomic E-state index is 13.8. The average molecular weight is 272 g/mol. The molecule has 0 saturated carbocycles. The van der Waals surface area contributed by atoms with Crippen LogP contribution in [0.5, 0.6) is 0 Å². The van der Waals surface area contributed by atoms with Crippen LogP contribution >= 0.6 is 0 Å². The van der Waals surface area contributed by atoms with Crippen molar-refractivity contribution in [3.8, 4) is 0 Å². The van der Waals surface area contributed by atoms with E-state index in [9.17, 15) is 4.39 Å². The third kappa shape index (κ3) is 3.81. The van der Waals surface area contributed by atoms with Gasteiger partial charge in [-0.15, -0.1) is 0 Å². The summed E-state index contributed by atoms with van der Waals surface area (Å²) in [6.45, 7) is 5.64. The van der Waals surface area contributed by atoms with E-state index >= 15 is 0 Å². The van der Waals surface area contributed by atoms with Gasteiger partial charge in [0.2, 0.25) is 0 Å². The molecule has 0 aromatic heterocycles. The summed E-state index contributed by atoms with van der Waals surface area (Å²) in [5.41, 5.74) is 8.38. The summed E-state index contributed by atoms with van der Waals surface area (Å²) >= 11 is 0. The molecule has 2 rings (SSSR count). The Morgan fingerprint density at radius 1 is 1.00 bits per heavy atom. The minimum atomic E-state index is -0.143. The largest absolute Gasteiger partial charge is 0.399 e. The number of anilines is 1. The van der Waals surface area contributed by atoms with E-state index in [2.05, 4.69) is 18.7 Å². The minimum absolute atomic E-state index is 0.143. The van der Waals surface area contributed by atoms with E-state index in [-0.39, 0.29) is 5.82 Å². The molecule has 0 radical (unpaired) electrons. The fourth-order valence-electron chi connectivity index (χ4n) is 2.12. The van der Waals surface area contributed by atoms with E-state index in [4.69, 9.17) is 5.73 Å². The highest BCUT2D eigenvalue weighted by atomic mass is 19.1. The van der Waals surface area contributed by atoms with Crippen LogP contribution in [-0.2, 0) is 13.1 Å². The molecular weight excluding hydrogens is 251 g/mol. The topological polar surface area (TPSA) is 29.3 Å². The summed E-state index contributed by atoms with van der Waals surface area (Å²) in [4.78, 5) is 2.24. The summed E-state index contributed by atoms with van der Waals surface area (Å²) in [5.74, 6) is -0.143. The van der Waals surface area contributed by atoms with Crippen LogP contribution in [0.1, 0.15) is 25.0 Å². The Labute approximate surface area is 120 Å². The highest BCUT2D eigenvalue weighted by Gasteiger charge is 2.13. The van der Waals surface area contributed by atoms with Crippen molar-refractivity contribution in [2.24, 2.45) is 0 Å². The van der Waals surface area contributed by atoms with Crippen molar-refractivity contribution < 1.29 is 4.39 Å². The highest BCUT2D eigenvalue weighted by Crippen LogP contribution is 2.16. The molecule has 0 amide bonds. The first-order valence-corrected chi connectivity index (χ1v) is 6.88. The Morgan fingerprint density at radius 3 is 2.25 bits per heavy atom. The van der Waals surface area contributed by atoms with Gasteiger partial charge in [0.1, 0.15) is 5.82 Å². The summed E-state index contributed by atoms with van der Waals surface area (Å²) in [6.07, 6.45) is 0. The van der Waals surface area contributed by atoms with Gasteiger partial charge in [-0.05, 0) is 37.6 Å². The van der Waals surface area contributed by atoms with Crippen LogP contribution in [-0.4, -0.2) is 10.9 Å². The lowest BCUT2D eigenvalue weighted by Gasteiger charge is -2.27. The van der Waals surface area contributed by atoms with E-state index in [0.717, 1.165) is 17.8 Å². The van der Waals surface area contributed by atoms with Crippen molar-refractivity contribution in [3.63, 3.8) is 0 Å². The number of nitrogens with two attached hydrogens (primary N) is 1. The SMILES string of the molecule is CC(C)N(Cc1ccc(N)cc1)Cc1ccccc1F. The number of hydrogen-bond donors (Lipinski definition) is 1. The number of hydrogen-bond acceptors (Lipinski definition) is 2. The molecule has 0 bridgehead atoms. The van der Waals surface area contributed by atoms with Crippen LogP contribution in [0.2, 0.25) is 0 Å². The van der Waals surface area contributed by atoms with Gasteiger partial charge in [0, 0.05) is 30.4 Å². The molecule has 2 N–H and O–H groups in total. The first-order chi connectivity index (χ1) is 9.56. The summed E-state index contributed by atoms with van der Waals surface area (Å²) in [7, 11) is 0.